The maximum atomic E-state index is 6.62. The summed E-state index contributed by atoms with van der Waals surface area (Å²) in [4.78, 5) is 0. The highest BCUT2D eigenvalue weighted by molar-refractivity contribution is 5.27. The van der Waals surface area contributed by atoms with Crippen LogP contribution in [0.4, 0.5) is 0 Å². The normalized spacial score (nSPS) is 28.6. The van der Waals surface area contributed by atoms with E-state index in [9.17, 15) is 0 Å². The predicted molar refractivity (Wildman–Crippen MR) is 78.6 cm³/mol. The number of aryl methyl sites for hydroxylation is 1. The summed E-state index contributed by atoms with van der Waals surface area (Å²) in [7, 11) is 0. The molecule has 0 unspecified atom stereocenters. The summed E-state index contributed by atoms with van der Waals surface area (Å²) in [5, 5.41) is 0. The lowest BCUT2D eigenvalue weighted by atomic mass is 9.71. The van der Waals surface area contributed by atoms with Crippen molar-refractivity contribution in [1.29, 1.82) is 0 Å². The van der Waals surface area contributed by atoms with Crippen molar-refractivity contribution in [2.75, 3.05) is 0 Å². The van der Waals surface area contributed by atoms with Crippen molar-refractivity contribution in [3.05, 3.63) is 35.4 Å². The summed E-state index contributed by atoms with van der Waals surface area (Å²) < 4.78 is 0. The molecular weight excluding hydrogens is 218 g/mol. The second-order valence-electron chi connectivity index (χ2n) is 6.55. The van der Waals surface area contributed by atoms with Gasteiger partial charge in [-0.1, -0.05) is 38.1 Å². The molecule has 1 fully saturated rings. The van der Waals surface area contributed by atoms with E-state index in [1.54, 1.807) is 0 Å². The Bertz CT molecular complexity index is 386. The van der Waals surface area contributed by atoms with E-state index in [-0.39, 0.29) is 5.54 Å². The van der Waals surface area contributed by atoms with E-state index >= 15 is 0 Å². The smallest absolute Gasteiger partial charge is 0.0195 e. The second-order valence-corrected chi connectivity index (χ2v) is 6.55. The average Bonchev–Trinajstić information content (AvgIpc) is 2.32. The van der Waals surface area contributed by atoms with Gasteiger partial charge in [-0.2, -0.15) is 0 Å². The molecule has 0 aromatic heterocycles. The third-order valence-corrected chi connectivity index (χ3v) is 4.77. The van der Waals surface area contributed by atoms with Crippen LogP contribution in [0.3, 0.4) is 0 Å². The van der Waals surface area contributed by atoms with Gasteiger partial charge in [0.25, 0.3) is 0 Å². The molecule has 0 bridgehead atoms. The fourth-order valence-corrected chi connectivity index (χ4v) is 3.25. The molecule has 1 aromatic rings. The first-order chi connectivity index (χ1) is 8.50. The van der Waals surface area contributed by atoms with Crippen LogP contribution in [-0.4, -0.2) is 5.54 Å². The number of nitrogens with two attached hydrogens (primary N) is 1. The highest BCUT2D eigenvalue weighted by Crippen LogP contribution is 2.36. The Morgan fingerprint density at radius 3 is 2.39 bits per heavy atom. The Morgan fingerprint density at radius 1 is 1.22 bits per heavy atom. The van der Waals surface area contributed by atoms with Crippen molar-refractivity contribution >= 4 is 0 Å². The zero-order valence-corrected chi connectivity index (χ0v) is 12.1. The summed E-state index contributed by atoms with van der Waals surface area (Å²) >= 11 is 0. The molecule has 1 heteroatoms. The van der Waals surface area contributed by atoms with Gasteiger partial charge in [-0.15, -0.1) is 0 Å². The molecule has 2 N–H and O–H groups in total. The fourth-order valence-electron chi connectivity index (χ4n) is 3.25. The number of hydrogen-bond donors (Lipinski definition) is 1. The van der Waals surface area contributed by atoms with Gasteiger partial charge >= 0.3 is 0 Å². The highest BCUT2D eigenvalue weighted by atomic mass is 14.7. The van der Waals surface area contributed by atoms with Gasteiger partial charge in [0.2, 0.25) is 0 Å². The van der Waals surface area contributed by atoms with Gasteiger partial charge in [0, 0.05) is 5.54 Å². The van der Waals surface area contributed by atoms with E-state index in [4.69, 9.17) is 5.73 Å². The second kappa shape index (κ2) is 5.44. The molecule has 0 spiro atoms. The van der Waals surface area contributed by atoms with Gasteiger partial charge in [-0.3, -0.25) is 0 Å². The highest BCUT2D eigenvalue weighted by Gasteiger charge is 2.32. The van der Waals surface area contributed by atoms with Crippen LogP contribution in [0.15, 0.2) is 24.3 Å². The van der Waals surface area contributed by atoms with Gasteiger partial charge in [0.05, 0.1) is 0 Å². The summed E-state index contributed by atoms with van der Waals surface area (Å²) in [6.07, 6.45) is 6.03. The van der Waals surface area contributed by atoms with Crippen LogP contribution >= 0.6 is 0 Å². The van der Waals surface area contributed by atoms with Crippen molar-refractivity contribution in [2.45, 2.75) is 58.4 Å². The molecule has 1 saturated carbocycles. The third kappa shape index (κ3) is 3.14. The van der Waals surface area contributed by atoms with Crippen molar-refractivity contribution in [2.24, 2.45) is 17.6 Å². The molecule has 1 nitrogen and oxygen atoms in total. The van der Waals surface area contributed by atoms with E-state index in [1.165, 1.54) is 36.8 Å². The molecule has 2 rings (SSSR count). The molecule has 0 amide bonds. The lowest BCUT2D eigenvalue weighted by Crippen LogP contribution is -2.46. The first-order valence-electron chi connectivity index (χ1n) is 7.33. The Morgan fingerprint density at radius 2 is 1.83 bits per heavy atom. The molecule has 0 atom stereocenters. The Kier molecular flexibility index (Phi) is 4.11. The van der Waals surface area contributed by atoms with Crippen molar-refractivity contribution in [3.8, 4) is 0 Å². The monoisotopic (exact) mass is 245 g/mol. The molecule has 0 saturated heterocycles. The lowest BCUT2D eigenvalue weighted by molar-refractivity contribution is 0.194. The van der Waals surface area contributed by atoms with Gasteiger partial charge in [0.1, 0.15) is 0 Å². The van der Waals surface area contributed by atoms with E-state index in [1.807, 2.05) is 0 Å². The lowest BCUT2D eigenvalue weighted by Gasteiger charge is -2.39. The summed E-state index contributed by atoms with van der Waals surface area (Å²) in [6, 6.07) is 8.67. The minimum atomic E-state index is 0.0392. The standard InChI is InChI=1S/C17H27N/c1-13(2)15-8-10-17(18,11-9-15)12-16-7-5-4-6-14(16)3/h4-7,13,15H,8-12,18H2,1-3H3. The summed E-state index contributed by atoms with van der Waals surface area (Å²) in [5.41, 5.74) is 9.48. The minimum Gasteiger partial charge on any atom is -0.325 e. The maximum Gasteiger partial charge on any atom is 0.0195 e. The first kappa shape index (κ1) is 13.6. The molecule has 1 aliphatic rings. The van der Waals surface area contributed by atoms with E-state index < -0.39 is 0 Å². The number of rotatable bonds is 3. The van der Waals surface area contributed by atoms with Gasteiger partial charge < -0.3 is 5.73 Å². The fraction of sp³-hybridized carbons (Fsp3) is 0.647. The molecule has 0 heterocycles. The van der Waals surface area contributed by atoms with Crippen LogP contribution in [0.2, 0.25) is 0 Å². The van der Waals surface area contributed by atoms with Crippen molar-refractivity contribution in [3.63, 3.8) is 0 Å². The van der Waals surface area contributed by atoms with Crippen LogP contribution in [0.5, 0.6) is 0 Å². The van der Waals surface area contributed by atoms with Gasteiger partial charge in [0.15, 0.2) is 0 Å². The minimum absolute atomic E-state index is 0.0392. The predicted octanol–water partition coefficient (Wildman–Crippen LogP) is 4.08. The molecule has 1 aliphatic carbocycles. The van der Waals surface area contributed by atoms with Crippen LogP contribution in [0.1, 0.15) is 50.7 Å². The van der Waals surface area contributed by atoms with Crippen LogP contribution in [-0.2, 0) is 6.42 Å². The number of hydrogen-bond acceptors (Lipinski definition) is 1. The van der Waals surface area contributed by atoms with Crippen LogP contribution in [0, 0.1) is 18.8 Å². The Balaban J connectivity index is 2.00. The molecule has 100 valence electrons. The quantitative estimate of drug-likeness (QED) is 0.853. The molecule has 0 radical (unpaired) electrons. The Hall–Kier alpha value is -0.820. The molecule has 1 aromatic carbocycles. The zero-order valence-electron chi connectivity index (χ0n) is 12.1. The van der Waals surface area contributed by atoms with Crippen molar-refractivity contribution < 1.29 is 0 Å². The zero-order chi connectivity index (χ0) is 13.2. The molecule has 0 aliphatic heterocycles. The number of benzene rings is 1. The topological polar surface area (TPSA) is 26.0 Å². The largest absolute Gasteiger partial charge is 0.325 e. The van der Waals surface area contributed by atoms with E-state index in [2.05, 4.69) is 45.0 Å². The summed E-state index contributed by atoms with van der Waals surface area (Å²) in [6.45, 7) is 6.88. The maximum absolute atomic E-state index is 6.62. The molecular formula is C17H27N. The SMILES string of the molecule is Cc1ccccc1CC1(N)CCC(C(C)C)CC1. The third-order valence-electron chi connectivity index (χ3n) is 4.77. The molecule has 18 heavy (non-hydrogen) atoms. The first-order valence-corrected chi connectivity index (χ1v) is 7.33. The van der Waals surface area contributed by atoms with Crippen LogP contribution in [0.25, 0.3) is 0 Å². The van der Waals surface area contributed by atoms with Crippen LogP contribution < -0.4 is 5.73 Å². The van der Waals surface area contributed by atoms with E-state index in [0.717, 1.165) is 18.3 Å². The Labute approximate surface area is 112 Å². The van der Waals surface area contributed by atoms with Gasteiger partial charge in [-0.05, 0) is 62.0 Å². The summed E-state index contributed by atoms with van der Waals surface area (Å²) in [5.74, 6) is 1.70. The van der Waals surface area contributed by atoms with E-state index in [0.29, 0.717) is 0 Å². The van der Waals surface area contributed by atoms with Gasteiger partial charge in [-0.25, -0.2) is 0 Å². The average molecular weight is 245 g/mol. The van der Waals surface area contributed by atoms with Crippen molar-refractivity contribution in [1.82, 2.24) is 0 Å².